The first-order chi connectivity index (χ1) is 5.60. The van der Waals surface area contributed by atoms with Crippen LogP contribution in [0.1, 0.15) is 19.8 Å². The van der Waals surface area contributed by atoms with E-state index in [0.29, 0.717) is 12.3 Å². The van der Waals surface area contributed by atoms with Gasteiger partial charge in [-0.2, -0.15) is 0 Å². The Balaban J connectivity index is 4.23. The van der Waals surface area contributed by atoms with Crippen LogP contribution in [0.2, 0.25) is 0 Å². The molecule has 0 fully saturated rings. The molecule has 12 heavy (non-hydrogen) atoms. The van der Waals surface area contributed by atoms with E-state index in [1.807, 2.05) is 0 Å². The molecule has 0 rings (SSSR count). The Kier molecular flexibility index (Phi) is 4.98. The standard InChI is InChI=1S/C9H15ClO2/c1-4-9(2,6-5-7-10)8(11)12-3/h4H,1,5-7H2,2-3H3. The van der Waals surface area contributed by atoms with Gasteiger partial charge in [-0.1, -0.05) is 6.08 Å². The monoisotopic (exact) mass is 190 g/mol. The zero-order valence-corrected chi connectivity index (χ0v) is 8.36. The molecule has 3 heteroatoms. The van der Waals surface area contributed by atoms with Crippen molar-refractivity contribution in [1.82, 2.24) is 0 Å². The first-order valence-electron chi connectivity index (χ1n) is 3.88. The SMILES string of the molecule is C=CC(C)(CCCCl)C(=O)OC. The molecule has 0 radical (unpaired) electrons. The first kappa shape index (κ1) is 11.5. The molecular weight excluding hydrogens is 176 g/mol. The summed E-state index contributed by atoms with van der Waals surface area (Å²) in [6.45, 7) is 5.41. The number of methoxy groups -OCH3 is 1. The van der Waals surface area contributed by atoms with Gasteiger partial charge in [0, 0.05) is 5.88 Å². The topological polar surface area (TPSA) is 26.3 Å². The molecule has 1 unspecified atom stereocenters. The van der Waals surface area contributed by atoms with Crippen molar-refractivity contribution in [3.8, 4) is 0 Å². The zero-order valence-electron chi connectivity index (χ0n) is 7.60. The Hall–Kier alpha value is -0.500. The van der Waals surface area contributed by atoms with Gasteiger partial charge in [0.25, 0.3) is 0 Å². The lowest BCUT2D eigenvalue weighted by molar-refractivity contribution is -0.149. The fourth-order valence-corrected chi connectivity index (χ4v) is 1.09. The minimum Gasteiger partial charge on any atom is -0.468 e. The highest BCUT2D eigenvalue weighted by Gasteiger charge is 2.29. The molecule has 0 N–H and O–H groups in total. The van der Waals surface area contributed by atoms with Crippen LogP contribution >= 0.6 is 11.6 Å². The molecule has 70 valence electrons. The van der Waals surface area contributed by atoms with Gasteiger partial charge in [-0.25, -0.2) is 0 Å². The van der Waals surface area contributed by atoms with Crippen LogP contribution in [-0.4, -0.2) is 19.0 Å². The third-order valence-corrected chi connectivity index (χ3v) is 2.20. The van der Waals surface area contributed by atoms with Gasteiger partial charge in [-0.15, -0.1) is 18.2 Å². The quantitative estimate of drug-likeness (QED) is 0.378. The highest BCUT2D eigenvalue weighted by molar-refractivity contribution is 6.17. The summed E-state index contributed by atoms with van der Waals surface area (Å²) in [7, 11) is 1.38. The molecule has 0 aliphatic carbocycles. The molecule has 2 nitrogen and oxygen atoms in total. The molecule has 0 aromatic heterocycles. The van der Waals surface area contributed by atoms with E-state index in [1.54, 1.807) is 13.0 Å². The maximum Gasteiger partial charge on any atom is 0.315 e. The van der Waals surface area contributed by atoms with Crippen molar-refractivity contribution < 1.29 is 9.53 Å². The summed E-state index contributed by atoms with van der Waals surface area (Å²) in [5, 5.41) is 0. The van der Waals surface area contributed by atoms with Crippen LogP contribution < -0.4 is 0 Å². The normalized spacial score (nSPS) is 14.9. The maximum atomic E-state index is 11.2. The molecule has 0 aliphatic rings. The number of rotatable bonds is 5. The molecule has 0 spiro atoms. The molecule has 1 atom stereocenters. The third kappa shape index (κ3) is 2.86. The van der Waals surface area contributed by atoms with E-state index in [2.05, 4.69) is 11.3 Å². The van der Waals surface area contributed by atoms with Crippen LogP contribution in [0.15, 0.2) is 12.7 Å². The van der Waals surface area contributed by atoms with Crippen LogP contribution in [0.5, 0.6) is 0 Å². The molecule has 0 bridgehead atoms. The number of halogens is 1. The van der Waals surface area contributed by atoms with E-state index in [0.717, 1.165) is 6.42 Å². The number of carbonyl (C=O) groups excluding carboxylic acids is 1. The Morgan fingerprint density at radius 3 is 2.67 bits per heavy atom. The van der Waals surface area contributed by atoms with Crippen molar-refractivity contribution in [2.45, 2.75) is 19.8 Å². The lowest BCUT2D eigenvalue weighted by Gasteiger charge is -2.21. The Bertz CT molecular complexity index is 168. The lowest BCUT2D eigenvalue weighted by Crippen LogP contribution is -2.26. The van der Waals surface area contributed by atoms with Gasteiger partial charge in [-0.3, -0.25) is 4.79 Å². The third-order valence-electron chi connectivity index (χ3n) is 1.93. The number of alkyl halides is 1. The van der Waals surface area contributed by atoms with E-state index in [9.17, 15) is 4.79 Å². The zero-order chi connectivity index (χ0) is 9.61. The van der Waals surface area contributed by atoms with Crippen LogP contribution in [0.4, 0.5) is 0 Å². The van der Waals surface area contributed by atoms with Gasteiger partial charge in [0.05, 0.1) is 12.5 Å². The number of hydrogen-bond acceptors (Lipinski definition) is 2. The van der Waals surface area contributed by atoms with E-state index >= 15 is 0 Å². The summed E-state index contributed by atoms with van der Waals surface area (Å²) < 4.78 is 4.65. The molecular formula is C9H15ClO2. The van der Waals surface area contributed by atoms with Gasteiger partial charge in [-0.05, 0) is 19.8 Å². The van der Waals surface area contributed by atoms with E-state index in [4.69, 9.17) is 11.6 Å². The van der Waals surface area contributed by atoms with Crippen molar-refractivity contribution in [1.29, 1.82) is 0 Å². The average Bonchev–Trinajstić information content (AvgIpc) is 2.12. The van der Waals surface area contributed by atoms with Crippen molar-refractivity contribution in [2.75, 3.05) is 13.0 Å². The summed E-state index contributed by atoms with van der Waals surface area (Å²) in [4.78, 5) is 11.2. The van der Waals surface area contributed by atoms with E-state index in [-0.39, 0.29) is 5.97 Å². The molecule has 0 aromatic rings. The number of ether oxygens (including phenoxy) is 1. The second kappa shape index (κ2) is 5.20. The summed E-state index contributed by atoms with van der Waals surface area (Å²) in [5.74, 6) is 0.308. The van der Waals surface area contributed by atoms with Crippen molar-refractivity contribution in [3.63, 3.8) is 0 Å². The van der Waals surface area contributed by atoms with Gasteiger partial charge in [0.15, 0.2) is 0 Å². The van der Waals surface area contributed by atoms with Gasteiger partial charge in [0.1, 0.15) is 0 Å². The van der Waals surface area contributed by atoms with Gasteiger partial charge < -0.3 is 4.74 Å². The van der Waals surface area contributed by atoms with Crippen LogP contribution in [-0.2, 0) is 9.53 Å². The van der Waals surface area contributed by atoms with Crippen molar-refractivity contribution >= 4 is 17.6 Å². The minimum atomic E-state index is -0.580. The van der Waals surface area contributed by atoms with Crippen molar-refractivity contribution in [2.24, 2.45) is 5.41 Å². The van der Waals surface area contributed by atoms with Crippen LogP contribution in [0.3, 0.4) is 0 Å². The lowest BCUT2D eigenvalue weighted by atomic mass is 9.86. The molecule has 0 heterocycles. The molecule has 0 saturated heterocycles. The van der Waals surface area contributed by atoms with Crippen molar-refractivity contribution in [3.05, 3.63) is 12.7 Å². The summed E-state index contributed by atoms with van der Waals surface area (Å²) in [6.07, 6.45) is 3.09. The number of carbonyl (C=O) groups is 1. The predicted molar refractivity (Wildman–Crippen MR) is 50.3 cm³/mol. The highest BCUT2D eigenvalue weighted by Crippen LogP contribution is 2.26. The van der Waals surface area contributed by atoms with Gasteiger partial charge in [0.2, 0.25) is 0 Å². The maximum absolute atomic E-state index is 11.2. The predicted octanol–water partition coefficient (Wildman–Crippen LogP) is 2.37. The largest absolute Gasteiger partial charge is 0.468 e. The Morgan fingerprint density at radius 1 is 1.75 bits per heavy atom. The Labute approximate surface area is 78.5 Å². The average molecular weight is 191 g/mol. The smallest absolute Gasteiger partial charge is 0.315 e. The second-order valence-electron chi connectivity index (χ2n) is 2.91. The Morgan fingerprint density at radius 2 is 2.33 bits per heavy atom. The second-order valence-corrected chi connectivity index (χ2v) is 3.28. The minimum absolute atomic E-state index is 0.248. The number of esters is 1. The fraction of sp³-hybridized carbons (Fsp3) is 0.667. The highest BCUT2D eigenvalue weighted by atomic mass is 35.5. The molecule has 0 saturated carbocycles. The summed E-state index contributed by atoms with van der Waals surface area (Å²) >= 11 is 5.53. The van der Waals surface area contributed by atoms with E-state index in [1.165, 1.54) is 7.11 Å². The van der Waals surface area contributed by atoms with Crippen LogP contribution in [0.25, 0.3) is 0 Å². The van der Waals surface area contributed by atoms with Crippen LogP contribution in [0, 0.1) is 5.41 Å². The summed E-state index contributed by atoms with van der Waals surface area (Å²) in [5.41, 5.74) is -0.580. The molecule has 0 aromatic carbocycles. The first-order valence-corrected chi connectivity index (χ1v) is 4.42. The van der Waals surface area contributed by atoms with E-state index < -0.39 is 5.41 Å². The molecule has 0 aliphatic heterocycles. The number of hydrogen-bond donors (Lipinski definition) is 0. The molecule has 0 amide bonds. The summed E-state index contributed by atoms with van der Waals surface area (Å²) in [6, 6.07) is 0. The fourth-order valence-electron chi connectivity index (χ4n) is 0.955. The van der Waals surface area contributed by atoms with Gasteiger partial charge >= 0.3 is 5.97 Å².